The number of thiophene rings is 1. The summed E-state index contributed by atoms with van der Waals surface area (Å²) in [6, 6.07) is 12.4. The smallest absolute Gasteiger partial charge is 0.348 e. The Morgan fingerprint density at radius 3 is 2.47 bits per heavy atom. The van der Waals surface area contributed by atoms with Crippen LogP contribution < -0.4 is 5.32 Å². The first kappa shape index (κ1) is 22.0. The third kappa shape index (κ3) is 5.45. The van der Waals surface area contributed by atoms with Gasteiger partial charge in [0.1, 0.15) is 15.9 Å². The van der Waals surface area contributed by atoms with Gasteiger partial charge >= 0.3 is 5.97 Å². The molecule has 8 heteroatoms. The zero-order chi connectivity index (χ0) is 21.5. The maximum Gasteiger partial charge on any atom is 0.348 e. The van der Waals surface area contributed by atoms with Crippen LogP contribution in [0.15, 0.2) is 30.3 Å². The number of esters is 1. The highest BCUT2D eigenvalue weighted by Gasteiger charge is 2.24. The molecule has 158 valence electrons. The van der Waals surface area contributed by atoms with Gasteiger partial charge in [0.05, 0.1) is 18.7 Å². The molecule has 2 heterocycles. The van der Waals surface area contributed by atoms with Crippen molar-refractivity contribution in [3.63, 3.8) is 0 Å². The van der Waals surface area contributed by atoms with Crippen LogP contribution in [-0.4, -0.2) is 61.0 Å². The molecule has 1 N–H and O–H groups in total. The van der Waals surface area contributed by atoms with E-state index in [9.17, 15) is 14.9 Å². The highest BCUT2D eigenvalue weighted by atomic mass is 32.1. The average Bonchev–Trinajstić information content (AvgIpc) is 3.05. The average molecular weight is 427 g/mol. The molecule has 30 heavy (non-hydrogen) atoms. The molecule has 0 atom stereocenters. The standard InChI is InChI=1S/C22H26N4O3S/c1-3-29-22(28)20-16(2)18(13-23)21(30-20)24-19(27)15-26-11-9-25(10-12-26)14-17-7-5-4-6-8-17/h4-8H,3,9-12,14-15H2,1-2H3,(H,24,27). The second-order valence-electron chi connectivity index (χ2n) is 7.18. The number of ether oxygens (including phenoxy) is 1. The fourth-order valence-corrected chi connectivity index (χ4v) is 4.51. The lowest BCUT2D eigenvalue weighted by Gasteiger charge is -2.34. The number of anilines is 1. The van der Waals surface area contributed by atoms with Crippen molar-refractivity contribution in [3.8, 4) is 6.07 Å². The molecular formula is C22H26N4O3S. The van der Waals surface area contributed by atoms with Crippen LogP contribution in [0, 0.1) is 18.3 Å². The van der Waals surface area contributed by atoms with Crippen LogP contribution in [-0.2, 0) is 16.1 Å². The van der Waals surface area contributed by atoms with E-state index < -0.39 is 5.97 Å². The number of nitrogens with one attached hydrogen (secondary N) is 1. The molecule has 0 bridgehead atoms. The van der Waals surface area contributed by atoms with Crippen molar-refractivity contribution in [2.75, 3.05) is 44.6 Å². The van der Waals surface area contributed by atoms with Crippen molar-refractivity contribution < 1.29 is 14.3 Å². The summed E-state index contributed by atoms with van der Waals surface area (Å²) in [6.07, 6.45) is 0. The van der Waals surface area contributed by atoms with Gasteiger partial charge in [-0.25, -0.2) is 4.79 Å². The van der Waals surface area contributed by atoms with Gasteiger partial charge in [0.25, 0.3) is 0 Å². The second-order valence-corrected chi connectivity index (χ2v) is 8.20. The Hall–Kier alpha value is -2.73. The first-order valence-corrected chi connectivity index (χ1v) is 10.8. The second kappa shape index (κ2) is 10.3. The Kier molecular flexibility index (Phi) is 7.57. The van der Waals surface area contributed by atoms with Gasteiger partial charge in [0.15, 0.2) is 0 Å². The fourth-order valence-electron chi connectivity index (χ4n) is 3.44. The minimum absolute atomic E-state index is 0.181. The number of hydrogen-bond donors (Lipinski definition) is 1. The molecule has 0 aliphatic carbocycles. The highest BCUT2D eigenvalue weighted by molar-refractivity contribution is 7.18. The minimum atomic E-state index is -0.466. The van der Waals surface area contributed by atoms with E-state index in [4.69, 9.17) is 4.74 Å². The summed E-state index contributed by atoms with van der Waals surface area (Å²) in [5.41, 5.74) is 2.16. The van der Waals surface area contributed by atoms with Crippen molar-refractivity contribution in [1.82, 2.24) is 9.80 Å². The number of hydrogen-bond acceptors (Lipinski definition) is 7. The van der Waals surface area contributed by atoms with Crippen molar-refractivity contribution in [2.45, 2.75) is 20.4 Å². The molecule has 1 saturated heterocycles. The van der Waals surface area contributed by atoms with Gasteiger partial charge in [-0.15, -0.1) is 11.3 Å². The molecule has 1 aromatic carbocycles. The Bertz CT molecular complexity index is 928. The summed E-state index contributed by atoms with van der Waals surface area (Å²) in [7, 11) is 0. The van der Waals surface area contributed by atoms with Gasteiger partial charge in [-0.1, -0.05) is 30.3 Å². The highest BCUT2D eigenvalue weighted by Crippen LogP contribution is 2.33. The lowest BCUT2D eigenvalue weighted by Crippen LogP contribution is -2.48. The van der Waals surface area contributed by atoms with Crippen molar-refractivity contribution >= 4 is 28.2 Å². The summed E-state index contributed by atoms with van der Waals surface area (Å²) < 4.78 is 5.04. The van der Waals surface area contributed by atoms with Gasteiger partial charge in [0.2, 0.25) is 5.91 Å². The fraction of sp³-hybridized carbons (Fsp3) is 0.409. The monoisotopic (exact) mass is 426 g/mol. The molecule has 0 unspecified atom stereocenters. The van der Waals surface area contributed by atoms with E-state index in [0.717, 1.165) is 44.1 Å². The summed E-state index contributed by atoms with van der Waals surface area (Å²) >= 11 is 1.10. The van der Waals surface area contributed by atoms with Crippen molar-refractivity contribution in [1.29, 1.82) is 5.26 Å². The molecule has 1 aliphatic heterocycles. The summed E-state index contributed by atoms with van der Waals surface area (Å²) in [4.78, 5) is 29.5. The number of carbonyl (C=O) groups is 2. The molecule has 1 aliphatic rings. The van der Waals surface area contributed by atoms with E-state index >= 15 is 0 Å². The third-order valence-electron chi connectivity index (χ3n) is 5.05. The predicted octanol–water partition coefficient (Wildman–Crippen LogP) is 2.86. The van der Waals surface area contributed by atoms with E-state index in [0.29, 0.717) is 21.0 Å². The number of benzene rings is 1. The molecular weight excluding hydrogens is 400 g/mol. The van der Waals surface area contributed by atoms with Crippen LogP contribution in [0.25, 0.3) is 0 Å². The minimum Gasteiger partial charge on any atom is -0.462 e. The first-order valence-electron chi connectivity index (χ1n) is 10.0. The molecule has 0 saturated carbocycles. The normalized spacial score (nSPS) is 14.8. The van der Waals surface area contributed by atoms with Gasteiger partial charge in [-0.2, -0.15) is 5.26 Å². The van der Waals surface area contributed by atoms with E-state index in [1.165, 1.54) is 5.56 Å². The Morgan fingerprint density at radius 2 is 1.83 bits per heavy atom. The molecule has 1 aromatic heterocycles. The van der Waals surface area contributed by atoms with Gasteiger partial charge in [-0.05, 0) is 25.0 Å². The molecule has 3 rings (SSSR count). The lowest BCUT2D eigenvalue weighted by molar-refractivity contribution is -0.117. The first-order chi connectivity index (χ1) is 14.5. The number of amides is 1. The van der Waals surface area contributed by atoms with Crippen molar-refractivity contribution in [3.05, 3.63) is 51.9 Å². The SMILES string of the molecule is CCOC(=O)c1sc(NC(=O)CN2CCN(Cc3ccccc3)CC2)c(C#N)c1C. The number of nitriles is 1. The van der Waals surface area contributed by atoms with E-state index in [-0.39, 0.29) is 19.1 Å². The maximum atomic E-state index is 12.6. The van der Waals surface area contributed by atoms with Gasteiger partial charge in [0, 0.05) is 32.7 Å². The number of carbonyl (C=O) groups excluding carboxylic acids is 2. The lowest BCUT2D eigenvalue weighted by atomic mass is 10.2. The van der Waals surface area contributed by atoms with Crippen LogP contribution in [0.4, 0.5) is 5.00 Å². The molecule has 0 radical (unpaired) electrons. The van der Waals surface area contributed by atoms with Crippen LogP contribution >= 0.6 is 11.3 Å². The van der Waals surface area contributed by atoms with E-state index in [1.54, 1.807) is 13.8 Å². The zero-order valence-electron chi connectivity index (χ0n) is 17.3. The van der Waals surface area contributed by atoms with Crippen molar-refractivity contribution in [2.24, 2.45) is 0 Å². The molecule has 0 spiro atoms. The van der Waals surface area contributed by atoms with Crippen LogP contribution in [0.2, 0.25) is 0 Å². The largest absolute Gasteiger partial charge is 0.462 e. The number of piperazine rings is 1. The van der Waals surface area contributed by atoms with E-state index in [2.05, 4.69) is 33.3 Å². The van der Waals surface area contributed by atoms with Gasteiger partial charge in [-0.3, -0.25) is 14.6 Å². The molecule has 2 aromatic rings. The topological polar surface area (TPSA) is 85.7 Å². The Balaban J connectivity index is 1.53. The summed E-state index contributed by atoms with van der Waals surface area (Å²) in [5.74, 6) is -0.647. The Morgan fingerprint density at radius 1 is 1.17 bits per heavy atom. The van der Waals surface area contributed by atoms with Crippen LogP contribution in [0.1, 0.15) is 33.3 Å². The quantitative estimate of drug-likeness (QED) is 0.685. The third-order valence-corrected chi connectivity index (χ3v) is 6.24. The number of nitrogens with zero attached hydrogens (tertiary/aromatic N) is 3. The maximum absolute atomic E-state index is 12.6. The van der Waals surface area contributed by atoms with E-state index in [1.807, 2.05) is 18.2 Å². The molecule has 1 fully saturated rings. The zero-order valence-corrected chi connectivity index (χ0v) is 18.1. The van der Waals surface area contributed by atoms with Gasteiger partial charge < -0.3 is 10.1 Å². The Labute approximate surface area is 180 Å². The predicted molar refractivity (Wildman–Crippen MR) is 117 cm³/mol. The number of rotatable bonds is 7. The molecule has 1 amide bonds. The molecule has 7 nitrogen and oxygen atoms in total. The van der Waals surface area contributed by atoms with Crippen LogP contribution in [0.5, 0.6) is 0 Å². The summed E-state index contributed by atoms with van der Waals surface area (Å²) in [5, 5.41) is 12.7. The summed E-state index contributed by atoms with van der Waals surface area (Å²) in [6.45, 7) is 8.28. The van der Waals surface area contributed by atoms with Crippen LogP contribution in [0.3, 0.4) is 0 Å².